The molecule has 24 heavy (non-hydrogen) atoms. The number of carboxylic acid groups (broad SMARTS) is 1. The number of benzene rings is 2. The molecule has 0 bridgehead atoms. The summed E-state index contributed by atoms with van der Waals surface area (Å²) in [5.74, 6) is -0.845. The third-order valence-corrected chi connectivity index (χ3v) is 4.15. The number of hydrogen-bond donors (Lipinski definition) is 1. The van der Waals surface area contributed by atoms with E-state index in [0.29, 0.717) is 5.57 Å². The SMILES string of the molecule is O=C(O)OC(=O)C1=Cc2ccccc2-c2cc3ccccc3n2C1. The fourth-order valence-corrected chi connectivity index (χ4v) is 3.13. The molecule has 0 radical (unpaired) electrons. The van der Waals surface area contributed by atoms with Crippen molar-refractivity contribution in [2.75, 3.05) is 0 Å². The van der Waals surface area contributed by atoms with Crippen LogP contribution in [-0.2, 0) is 16.1 Å². The lowest BCUT2D eigenvalue weighted by Gasteiger charge is -2.09. The molecular formula is C19H13NO4. The molecule has 4 rings (SSSR count). The van der Waals surface area contributed by atoms with Crippen LogP contribution in [0.3, 0.4) is 0 Å². The fraction of sp³-hybridized carbons (Fsp3) is 0.0526. The highest BCUT2D eigenvalue weighted by atomic mass is 16.7. The molecule has 0 fully saturated rings. The summed E-state index contributed by atoms with van der Waals surface area (Å²) in [7, 11) is 0. The minimum Gasteiger partial charge on any atom is -0.449 e. The molecule has 0 unspecified atom stereocenters. The Bertz CT molecular complexity index is 1010. The number of fused-ring (bicyclic) bond motifs is 5. The number of carbonyl (C=O) groups excluding carboxylic acids is 1. The number of carbonyl (C=O) groups is 2. The van der Waals surface area contributed by atoms with Gasteiger partial charge in [-0.15, -0.1) is 0 Å². The lowest BCUT2D eigenvalue weighted by molar-refractivity contribution is -0.134. The number of para-hydroxylation sites is 1. The van der Waals surface area contributed by atoms with Crippen molar-refractivity contribution in [1.29, 1.82) is 0 Å². The van der Waals surface area contributed by atoms with E-state index >= 15 is 0 Å². The van der Waals surface area contributed by atoms with Gasteiger partial charge >= 0.3 is 12.1 Å². The molecule has 0 spiro atoms. The molecule has 5 heteroatoms. The van der Waals surface area contributed by atoms with Crippen molar-refractivity contribution in [1.82, 2.24) is 4.57 Å². The molecule has 2 heterocycles. The minimum absolute atomic E-state index is 0.254. The standard InChI is InChI=1S/C19H13NO4/c21-18(24-19(22)23)14-9-12-5-1-3-7-15(12)17-10-13-6-2-4-8-16(13)20(17)11-14/h1-10H,11H2,(H,22,23). The van der Waals surface area contributed by atoms with Crippen LogP contribution in [0.25, 0.3) is 28.2 Å². The molecule has 0 saturated carbocycles. The molecule has 0 atom stereocenters. The number of esters is 1. The fourth-order valence-electron chi connectivity index (χ4n) is 3.13. The second-order valence-corrected chi connectivity index (χ2v) is 5.59. The normalized spacial score (nSPS) is 12.8. The number of hydrogen-bond acceptors (Lipinski definition) is 3. The van der Waals surface area contributed by atoms with Gasteiger partial charge in [-0.25, -0.2) is 9.59 Å². The van der Waals surface area contributed by atoms with E-state index in [1.165, 1.54) is 0 Å². The van der Waals surface area contributed by atoms with E-state index in [0.717, 1.165) is 27.7 Å². The molecule has 0 aliphatic carbocycles. The zero-order chi connectivity index (χ0) is 16.7. The van der Waals surface area contributed by atoms with Crippen LogP contribution in [0.1, 0.15) is 5.56 Å². The zero-order valence-electron chi connectivity index (χ0n) is 12.6. The van der Waals surface area contributed by atoms with Crippen LogP contribution in [0.4, 0.5) is 4.79 Å². The molecular weight excluding hydrogens is 306 g/mol. The van der Waals surface area contributed by atoms with Crippen molar-refractivity contribution in [3.05, 3.63) is 65.7 Å². The van der Waals surface area contributed by atoms with Gasteiger partial charge in [0.15, 0.2) is 0 Å². The first-order valence-corrected chi connectivity index (χ1v) is 7.47. The molecule has 0 saturated heterocycles. The molecule has 0 amide bonds. The van der Waals surface area contributed by atoms with Crippen molar-refractivity contribution in [2.24, 2.45) is 0 Å². The number of ether oxygens (including phenoxy) is 1. The highest BCUT2D eigenvalue weighted by Gasteiger charge is 2.23. The molecule has 5 nitrogen and oxygen atoms in total. The molecule has 1 aromatic heterocycles. The highest BCUT2D eigenvalue weighted by Crippen LogP contribution is 2.35. The van der Waals surface area contributed by atoms with E-state index in [2.05, 4.69) is 10.8 Å². The highest BCUT2D eigenvalue weighted by molar-refractivity contribution is 6.01. The van der Waals surface area contributed by atoms with Crippen LogP contribution in [-0.4, -0.2) is 21.8 Å². The van der Waals surface area contributed by atoms with Crippen molar-refractivity contribution in [3.63, 3.8) is 0 Å². The van der Waals surface area contributed by atoms with E-state index in [9.17, 15) is 9.59 Å². The predicted molar refractivity (Wildman–Crippen MR) is 89.5 cm³/mol. The molecule has 118 valence electrons. The Morgan fingerprint density at radius 2 is 1.79 bits per heavy atom. The van der Waals surface area contributed by atoms with E-state index in [1.54, 1.807) is 6.08 Å². The second-order valence-electron chi connectivity index (χ2n) is 5.59. The van der Waals surface area contributed by atoms with E-state index in [-0.39, 0.29) is 6.54 Å². The van der Waals surface area contributed by atoms with E-state index in [4.69, 9.17) is 5.11 Å². The van der Waals surface area contributed by atoms with Crippen LogP contribution < -0.4 is 0 Å². The average Bonchev–Trinajstić information content (AvgIpc) is 2.84. The Balaban J connectivity index is 1.95. The van der Waals surface area contributed by atoms with Crippen LogP contribution in [0, 0.1) is 0 Å². The maximum absolute atomic E-state index is 12.2. The third-order valence-electron chi connectivity index (χ3n) is 4.15. The van der Waals surface area contributed by atoms with Gasteiger partial charge in [0, 0.05) is 16.5 Å². The summed E-state index contributed by atoms with van der Waals surface area (Å²) in [6, 6.07) is 17.7. The zero-order valence-corrected chi connectivity index (χ0v) is 12.6. The van der Waals surface area contributed by atoms with Crippen LogP contribution in [0.15, 0.2) is 60.2 Å². The van der Waals surface area contributed by atoms with Gasteiger partial charge in [0.05, 0.1) is 17.8 Å². The molecule has 1 aliphatic rings. The first-order chi connectivity index (χ1) is 11.6. The van der Waals surface area contributed by atoms with Gasteiger partial charge in [0.1, 0.15) is 0 Å². The molecule has 3 aromatic rings. The van der Waals surface area contributed by atoms with Crippen molar-refractivity contribution in [3.8, 4) is 11.3 Å². The van der Waals surface area contributed by atoms with Crippen molar-refractivity contribution < 1.29 is 19.4 Å². The largest absolute Gasteiger partial charge is 0.513 e. The summed E-state index contributed by atoms with van der Waals surface area (Å²) < 4.78 is 6.37. The van der Waals surface area contributed by atoms with Crippen LogP contribution in [0.2, 0.25) is 0 Å². The first kappa shape index (κ1) is 14.3. The van der Waals surface area contributed by atoms with Gasteiger partial charge in [-0.2, -0.15) is 0 Å². The maximum Gasteiger partial charge on any atom is 0.513 e. The summed E-state index contributed by atoms with van der Waals surface area (Å²) in [6.07, 6.45) is 0.0959. The Kier molecular flexibility index (Phi) is 3.20. The summed E-state index contributed by atoms with van der Waals surface area (Å²) in [4.78, 5) is 22.9. The number of nitrogens with zero attached hydrogens (tertiary/aromatic N) is 1. The van der Waals surface area contributed by atoms with Gasteiger partial charge in [-0.3, -0.25) is 0 Å². The molecule has 2 aromatic carbocycles. The Hall–Kier alpha value is -3.34. The quantitative estimate of drug-likeness (QED) is 0.545. The topological polar surface area (TPSA) is 68.5 Å². The summed E-state index contributed by atoms with van der Waals surface area (Å²) in [5.41, 5.74) is 4.12. The molecule has 1 aliphatic heterocycles. The minimum atomic E-state index is -1.60. The first-order valence-electron chi connectivity index (χ1n) is 7.47. The van der Waals surface area contributed by atoms with Gasteiger partial charge in [-0.05, 0) is 23.8 Å². The lowest BCUT2D eigenvalue weighted by Crippen LogP contribution is -2.15. The Morgan fingerprint density at radius 3 is 2.62 bits per heavy atom. The Labute approximate surface area is 137 Å². The average molecular weight is 319 g/mol. The third kappa shape index (κ3) is 2.27. The van der Waals surface area contributed by atoms with Crippen LogP contribution in [0.5, 0.6) is 0 Å². The summed E-state index contributed by atoms with van der Waals surface area (Å²) in [6.45, 7) is 0.254. The maximum atomic E-state index is 12.2. The van der Waals surface area contributed by atoms with Gasteiger partial charge < -0.3 is 14.4 Å². The number of rotatable bonds is 1. The summed E-state index contributed by atoms with van der Waals surface area (Å²) in [5, 5.41) is 9.80. The van der Waals surface area contributed by atoms with Crippen molar-refractivity contribution in [2.45, 2.75) is 6.54 Å². The number of aromatic nitrogens is 1. The lowest BCUT2D eigenvalue weighted by atomic mass is 10.0. The van der Waals surface area contributed by atoms with Gasteiger partial charge in [0.25, 0.3) is 0 Å². The second kappa shape index (κ2) is 5.38. The van der Waals surface area contributed by atoms with E-state index < -0.39 is 12.1 Å². The van der Waals surface area contributed by atoms with Gasteiger partial charge in [-0.1, -0.05) is 42.5 Å². The van der Waals surface area contributed by atoms with Crippen LogP contribution >= 0.6 is 0 Å². The predicted octanol–water partition coefficient (Wildman–Crippen LogP) is 3.93. The summed E-state index contributed by atoms with van der Waals surface area (Å²) >= 11 is 0. The Morgan fingerprint density at radius 1 is 1.04 bits per heavy atom. The van der Waals surface area contributed by atoms with Gasteiger partial charge in [0.2, 0.25) is 0 Å². The molecule has 1 N–H and O–H groups in total. The monoisotopic (exact) mass is 319 g/mol. The van der Waals surface area contributed by atoms with Crippen molar-refractivity contribution >= 4 is 29.1 Å². The smallest absolute Gasteiger partial charge is 0.449 e. The van der Waals surface area contributed by atoms with E-state index in [1.807, 2.05) is 53.1 Å².